The molecule has 0 aromatic carbocycles. The first-order chi connectivity index (χ1) is 6.56. The number of rotatable bonds is 3. The van der Waals surface area contributed by atoms with E-state index >= 15 is 0 Å². The first-order valence-electron chi connectivity index (χ1n) is 4.71. The Kier molecular flexibility index (Phi) is 3.30. The number of hydrogen-bond donors (Lipinski definition) is 2. The molecule has 1 rings (SSSR count). The van der Waals surface area contributed by atoms with Crippen molar-refractivity contribution < 1.29 is 4.79 Å². The Labute approximate surface area is 84.1 Å². The molecule has 4 heteroatoms. The van der Waals surface area contributed by atoms with Crippen molar-refractivity contribution >= 4 is 5.91 Å². The maximum atomic E-state index is 11.3. The van der Waals surface area contributed by atoms with Gasteiger partial charge in [-0.2, -0.15) is 0 Å². The first kappa shape index (κ1) is 10.8. The summed E-state index contributed by atoms with van der Waals surface area (Å²) in [6.45, 7) is 4.30. The van der Waals surface area contributed by atoms with Gasteiger partial charge in [-0.1, -0.05) is 13.8 Å². The molecule has 0 saturated carbocycles. The fraction of sp³-hybridized carbons (Fsp3) is 0.500. The summed E-state index contributed by atoms with van der Waals surface area (Å²) >= 11 is 0. The van der Waals surface area contributed by atoms with Gasteiger partial charge >= 0.3 is 0 Å². The van der Waals surface area contributed by atoms with Gasteiger partial charge in [0.2, 0.25) is 0 Å². The summed E-state index contributed by atoms with van der Waals surface area (Å²) in [6, 6.07) is 3.75. The van der Waals surface area contributed by atoms with Crippen LogP contribution in [0.4, 0.5) is 0 Å². The van der Waals surface area contributed by atoms with Crippen LogP contribution in [0.5, 0.6) is 0 Å². The first-order valence-corrected chi connectivity index (χ1v) is 4.71. The molecule has 1 heterocycles. The number of hydrazine groups is 1. The fourth-order valence-electron chi connectivity index (χ4n) is 1.48. The molecule has 0 aliphatic carbocycles. The lowest BCUT2D eigenvalue weighted by Gasteiger charge is -2.08. The van der Waals surface area contributed by atoms with E-state index in [9.17, 15) is 4.79 Å². The van der Waals surface area contributed by atoms with Crippen molar-refractivity contribution in [2.24, 2.45) is 18.8 Å². The molecule has 4 nitrogen and oxygen atoms in total. The summed E-state index contributed by atoms with van der Waals surface area (Å²) in [7, 11) is 1.88. The molecule has 3 N–H and O–H groups in total. The maximum Gasteiger partial charge on any atom is 0.281 e. The second-order valence-electron chi connectivity index (χ2n) is 3.84. The minimum absolute atomic E-state index is 0.248. The van der Waals surface area contributed by atoms with Gasteiger partial charge in [0.05, 0.1) is 0 Å². The van der Waals surface area contributed by atoms with Crippen molar-refractivity contribution in [3.05, 3.63) is 23.5 Å². The van der Waals surface area contributed by atoms with E-state index in [0.29, 0.717) is 11.6 Å². The van der Waals surface area contributed by atoms with Gasteiger partial charge in [-0.05, 0) is 24.5 Å². The number of nitrogens with one attached hydrogen (secondary N) is 1. The Morgan fingerprint density at radius 3 is 2.71 bits per heavy atom. The lowest BCUT2D eigenvalue weighted by molar-refractivity contribution is 0.0945. The monoisotopic (exact) mass is 195 g/mol. The van der Waals surface area contributed by atoms with Gasteiger partial charge < -0.3 is 4.57 Å². The number of nitrogens with two attached hydrogens (primary N) is 1. The highest BCUT2D eigenvalue weighted by molar-refractivity contribution is 5.92. The minimum atomic E-state index is -0.248. The molecule has 0 aliphatic heterocycles. The predicted octanol–water partition coefficient (Wildman–Crippen LogP) is 0.827. The molecule has 0 fully saturated rings. The van der Waals surface area contributed by atoms with Crippen LogP contribution in [-0.4, -0.2) is 10.5 Å². The fourth-order valence-corrected chi connectivity index (χ4v) is 1.48. The highest BCUT2D eigenvalue weighted by atomic mass is 16.2. The van der Waals surface area contributed by atoms with Crippen molar-refractivity contribution in [3.63, 3.8) is 0 Å². The van der Waals surface area contributed by atoms with E-state index in [0.717, 1.165) is 12.1 Å². The molecule has 1 aromatic heterocycles. The molecular weight excluding hydrogens is 178 g/mol. The molecule has 1 amide bonds. The van der Waals surface area contributed by atoms with Crippen LogP contribution in [0.2, 0.25) is 0 Å². The normalized spacial score (nSPS) is 10.6. The summed E-state index contributed by atoms with van der Waals surface area (Å²) in [5.74, 6) is 5.40. The van der Waals surface area contributed by atoms with Crippen molar-refractivity contribution in [3.8, 4) is 0 Å². The van der Waals surface area contributed by atoms with Crippen LogP contribution in [-0.2, 0) is 13.5 Å². The van der Waals surface area contributed by atoms with Gasteiger partial charge in [0.1, 0.15) is 5.69 Å². The lowest BCUT2D eigenvalue weighted by atomic mass is 10.1. The average Bonchev–Trinajstić information content (AvgIpc) is 2.46. The molecule has 14 heavy (non-hydrogen) atoms. The lowest BCUT2D eigenvalue weighted by Crippen LogP contribution is -2.31. The number of carbonyl (C=O) groups is 1. The van der Waals surface area contributed by atoms with E-state index in [1.165, 1.54) is 0 Å². The van der Waals surface area contributed by atoms with Crippen LogP contribution < -0.4 is 11.3 Å². The van der Waals surface area contributed by atoms with Gasteiger partial charge in [-0.15, -0.1) is 0 Å². The van der Waals surface area contributed by atoms with Crippen LogP contribution in [0.3, 0.4) is 0 Å². The highest BCUT2D eigenvalue weighted by Crippen LogP contribution is 2.11. The summed E-state index contributed by atoms with van der Waals surface area (Å²) in [5.41, 5.74) is 3.88. The van der Waals surface area contributed by atoms with Crippen LogP contribution in [0, 0.1) is 5.92 Å². The summed E-state index contributed by atoms with van der Waals surface area (Å²) < 4.78 is 1.88. The van der Waals surface area contributed by atoms with Crippen LogP contribution in [0.1, 0.15) is 30.0 Å². The van der Waals surface area contributed by atoms with Crippen LogP contribution in [0.15, 0.2) is 12.1 Å². The van der Waals surface area contributed by atoms with Gasteiger partial charge in [0.15, 0.2) is 0 Å². The zero-order valence-electron chi connectivity index (χ0n) is 8.87. The number of nitrogens with zero attached hydrogens (tertiary/aromatic N) is 1. The summed E-state index contributed by atoms with van der Waals surface area (Å²) in [5, 5.41) is 0. The zero-order valence-corrected chi connectivity index (χ0v) is 8.87. The van der Waals surface area contributed by atoms with Crippen molar-refractivity contribution in [2.75, 3.05) is 0 Å². The van der Waals surface area contributed by atoms with Crippen molar-refractivity contribution in [2.45, 2.75) is 20.3 Å². The van der Waals surface area contributed by atoms with E-state index in [-0.39, 0.29) is 5.91 Å². The van der Waals surface area contributed by atoms with E-state index < -0.39 is 0 Å². The second-order valence-corrected chi connectivity index (χ2v) is 3.84. The van der Waals surface area contributed by atoms with Gasteiger partial charge in [-0.25, -0.2) is 5.84 Å². The Balaban J connectivity index is 2.90. The van der Waals surface area contributed by atoms with Crippen LogP contribution >= 0.6 is 0 Å². The second kappa shape index (κ2) is 4.28. The molecule has 0 bridgehead atoms. The average molecular weight is 195 g/mol. The zero-order chi connectivity index (χ0) is 10.7. The maximum absolute atomic E-state index is 11.3. The van der Waals surface area contributed by atoms with E-state index in [1.807, 2.05) is 17.7 Å². The summed E-state index contributed by atoms with van der Waals surface area (Å²) in [4.78, 5) is 11.3. The molecule has 0 atom stereocenters. The number of hydrogen-bond acceptors (Lipinski definition) is 2. The third-order valence-electron chi connectivity index (χ3n) is 2.21. The van der Waals surface area contributed by atoms with Gasteiger partial charge in [0, 0.05) is 12.7 Å². The molecule has 0 saturated heterocycles. The van der Waals surface area contributed by atoms with Gasteiger partial charge in [0.25, 0.3) is 5.91 Å². The molecule has 0 unspecified atom stereocenters. The Morgan fingerprint density at radius 1 is 1.57 bits per heavy atom. The quantitative estimate of drug-likeness (QED) is 0.426. The topological polar surface area (TPSA) is 60.1 Å². The summed E-state index contributed by atoms with van der Waals surface area (Å²) in [6.07, 6.45) is 0.967. The van der Waals surface area contributed by atoms with Crippen molar-refractivity contribution in [1.82, 2.24) is 9.99 Å². The standard InChI is InChI=1S/C10H17N3O/c1-7(2)6-8-4-5-9(13(8)3)10(14)12-11/h4-5,7H,6,11H2,1-3H3,(H,12,14). The smallest absolute Gasteiger partial charge is 0.281 e. The third kappa shape index (κ3) is 2.14. The SMILES string of the molecule is CC(C)Cc1ccc(C(=O)NN)n1C. The number of aromatic nitrogens is 1. The third-order valence-corrected chi connectivity index (χ3v) is 2.21. The molecule has 0 spiro atoms. The molecular formula is C10H17N3O. The number of carbonyl (C=O) groups excluding carboxylic acids is 1. The van der Waals surface area contributed by atoms with Crippen LogP contribution in [0.25, 0.3) is 0 Å². The Morgan fingerprint density at radius 2 is 2.21 bits per heavy atom. The Bertz CT molecular complexity index is 328. The number of amides is 1. The van der Waals surface area contributed by atoms with E-state index in [4.69, 9.17) is 5.84 Å². The van der Waals surface area contributed by atoms with Crippen molar-refractivity contribution in [1.29, 1.82) is 0 Å². The van der Waals surface area contributed by atoms with E-state index in [2.05, 4.69) is 19.3 Å². The molecule has 0 radical (unpaired) electrons. The van der Waals surface area contributed by atoms with Gasteiger partial charge in [-0.3, -0.25) is 10.2 Å². The molecule has 78 valence electrons. The molecule has 0 aliphatic rings. The van der Waals surface area contributed by atoms with E-state index in [1.54, 1.807) is 6.07 Å². The minimum Gasteiger partial charge on any atom is -0.344 e. The Hall–Kier alpha value is -1.29. The number of nitrogen functional groups attached to an aromatic ring is 1. The predicted molar refractivity (Wildman–Crippen MR) is 55.6 cm³/mol. The molecule has 1 aromatic rings. The largest absolute Gasteiger partial charge is 0.344 e. The highest BCUT2D eigenvalue weighted by Gasteiger charge is 2.11.